The molecule has 0 aromatic heterocycles. The number of hydrazone groups is 1. The lowest BCUT2D eigenvalue weighted by molar-refractivity contribution is 0.748. The molecule has 0 saturated carbocycles. The van der Waals surface area contributed by atoms with Crippen LogP contribution < -0.4 is 5.43 Å². The molecule has 2 rings (SSSR count). The molecule has 0 atom stereocenters. The van der Waals surface area contributed by atoms with Crippen molar-refractivity contribution < 1.29 is 0 Å². The second kappa shape index (κ2) is 6.94. The summed E-state index contributed by atoms with van der Waals surface area (Å²) < 4.78 is 1.02. The van der Waals surface area contributed by atoms with Gasteiger partial charge in [-0.05, 0) is 29.8 Å². The van der Waals surface area contributed by atoms with Gasteiger partial charge >= 0.3 is 0 Å². The Kier molecular flexibility index (Phi) is 5.25. The van der Waals surface area contributed by atoms with Crippen molar-refractivity contribution in [3.8, 4) is 0 Å². The second-order valence-electron chi connectivity index (χ2n) is 3.85. The number of halogens is 3. The molecule has 0 saturated heterocycles. The summed E-state index contributed by atoms with van der Waals surface area (Å²) in [7, 11) is 0. The lowest BCUT2D eigenvalue weighted by Gasteiger charge is -2.05. The third-order valence-corrected chi connectivity index (χ3v) is 3.67. The number of hydrogen-bond donors (Lipinski definition) is 1. The van der Waals surface area contributed by atoms with Gasteiger partial charge in [-0.3, -0.25) is 0 Å². The SMILES string of the molecule is Clc1cccc(Cl)c1CN/N=C\c1cccc(Br)c1. The maximum absolute atomic E-state index is 6.06. The Morgan fingerprint density at radius 2 is 1.79 bits per heavy atom. The maximum atomic E-state index is 6.06. The van der Waals surface area contributed by atoms with Crippen LogP contribution in [-0.4, -0.2) is 6.21 Å². The first-order chi connectivity index (χ1) is 9.16. The van der Waals surface area contributed by atoms with Gasteiger partial charge in [-0.1, -0.05) is 57.3 Å². The highest BCUT2D eigenvalue weighted by Gasteiger charge is 2.03. The van der Waals surface area contributed by atoms with Crippen molar-refractivity contribution in [2.45, 2.75) is 6.54 Å². The summed E-state index contributed by atoms with van der Waals surface area (Å²) in [6.07, 6.45) is 1.75. The zero-order valence-electron chi connectivity index (χ0n) is 9.91. The van der Waals surface area contributed by atoms with E-state index >= 15 is 0 Å². The van der Waals surface area contributed by atoms with E-state index in [0.717, 1.165) is 15.6 Å². The number of benzene rings is 2. The van der Waals surface area contributed by atoms with E-state index < -0.39 is 0 Å². The standard InChI is InChI=1S/C14H11BrCl2N2/c15-11-4-1-3-10(7-11)8-18-19-9-12-13(16)5-2-6-14(12)17/h1-8,19H,9H2/b18-8-. The summed E-state index contributed by atoms with van der Waals surface area (Å²) in [4.78, 5) is 0. The smallest absolute Gasteiger partial charge is 0.0609 e. The first kappa shape index (κ1) is 14.4. The van der Waals surface area contributed by atoms with Gasteiger partial charge in [0, 0.05) is 20.1 Å². The van der Waals surface area contributed by atoms with Crippen molar-refractivity contribution in [3.05, 3.63) is 68.1 Å². The van der Waals surface area contributed by atoms with Gasteiger partial charge in [0.2, 0.25) is 0 Å². The van der Waals surface area contributed by atoms with Crippen LogP contribution >= 0.6 is 39.1 Å². The van der Waals surface area contributed by atoms with Crippen molar-refractivity contribution in [2.24, 2.45) is 5.10 Å². The molecular formula is C14H11BrCl2N2. The van der Waals surface area contributed by atoms with Crippen LogP contribution in [0.5, 0.6) is 0 Å². The predicted molar refractivity (Wildman–Crippen MR) is 85.0 cm³/mol. The molecule has 0 aliphatic rings. The van der Waals surface area contributed by atoms with Crippen molar-refractivity contribution >= 4 is 45.3 Å². The molecule has 0 unspecified atom stereocenters. The molecule has 2 aromatic rings. The van der Waals surface area contributed by atoms with Crippen molar-refractivity contribution in [1.29, 1.82) is 0 Å². The van der Waals surface area contributed by atoms with E-state index in [0.29, 0.717) is 16.6 Å². The minimum atomic E-state index is 0.489. The Balaban J connectivity index is 1.97. The molecule has 0 bridgehead atoms. The van der Waals surface area contributed by atoms with Gasteiger partial charge in [0.25, 0.3) is 0 Å². The van der Waals surface area contributed by atoms with Gasteiger partial charge < -0.3 is 5.43 Å². The van der Waals surface area contributed by atoms with Crippen molar-refractivity contribution in [3.63, 3.8) is 0 Å². The van der Waals surface area contributed by atoms with E-state index in [2.05, 4.69) is 26.5 Å². The van der Waals surface area contributed by atoms with E-state index in [9.17, 15) is 0 Å². The molecule has 0 aliphatic carbocycles. The first-order valence-corrected chi connectivity index (χ1v) is 7.16. The normalized spacial score (nSPS) is 10.9. The highest BCUT2D eigenvalue weighted by atomic mass is 79.9. The summed E-state index contributed by atoms with van der Waals surface area (Å²) in [5.74, 6) is 0. The average Bonchev–Trinajstić information content (AvgIpc) is 2.37. The van der Waals surface area contributed by atoms with Crippen LogP contribution in [0.1, 0.15) is 11.1 Å². The van der Waals surface area contributed by atoms with Crippen LogP contribution in [0.25, 0.3) is 0 Å². The molecule has 5 heteroatoms. The Bertz CT molecular complexity index is 579. The molecule has 0 amide bonds. The van der Waals surface area contributed by atoms with E-state index in [4.69, 9.17) is 23.2 Å². The first-order valence-electron chi connectivity index (χ1n) is 5.61. The second-order valence-corrected chi connectivity index (χ2v) is 5.58. The third kappa shape index (κ3) is 4.23. The summed E-state index contributed by atoms with van der Waals surface area (Å²) in [5.41, 5.74) is 4.79. The fraction of sp³-hybridized carbons (Fsp3) is 0.0714. The summed E-state index contributed by atoms with van der Waals surface area (Å²) in [5, 5.41) is 5.42. The van der Waals surface area contributed by atoms with Gasteiger partial charge in [0.1, 0.15) is 0 Å². The lowest BCUT2D eigenvalue weighted by Crippen LogP contribution is -2.06. The van der Waals surface area contributed by atoms with Gasteiger partial charge in [-0.15, -0.1) is 0 Å². The summed E-state index contributed by atoms with van der Waals surface area (Å²) in [6.45, 7) is 0.489. The summed E-state index contributed by atoms with van der Waals surface area (Å²) >= 11 is 15.5. The third-order valence-electron chi connectivity index (χ3n) is 2.47. The number of nitrogens with one attached hydrogen (secondary N) is 1. The molecule has 0 fully saturated rings. The van der Waals surface area contributed by atoms with E-state index in [1.165, 1.54) is 0 Å². The molecular weight excluding hydrogens is 347 g/mol. The van der Waals surface area contributed by atoms with Crippen LogP contribution in [0, 0.1) is 0 Å². The fourth-order valence-corrected chi connectivity index (χ4v) is 2.48. The molecule has 2 aromatic carbocycles. The molecule has 19 heavy (non-hydrogen) atoms. The minimum Gasteiger partial charge on any atom is -0.306 e. The van der Waals surface area contributed by atoms with Crippen molar-refractivity contribution in [2.75, 3.05) is 0 Å². The van der Waals surface area contributed by atoms with Crippen LogP contribution in [0.3, 0.4) is 0 Å². The van der Waals surface area contributed by atoms with Gasteiger partial charge in [0.05, 0.1) is 12.8 Å². The van der Waals surface area contributed by atoms with Gasteiger partial charge in [-0.2, -0.15) is 5.10 Å². The average molecular weight is 358 g/mol. The number of nitrogens with zero attached hydrogens (tertiary/aromatic N) is 1. The molecule has 98 valence electrons. The Morgan fingerprint density at radius 3 is 2.47 bits per heavy atom. The Morgan fingerprint density at radius 1 is 1.11 bits per heavy atom. The zero-order valence-corrected chi connectivity index (χ0v) is 13.0. The molecule has 0 heterocycles. The van der Waals surface area contributed by atoms with E-state index in [1.807, 2.05) is 42.5 Å². The van der Waals surface area contributed by atoms with Crippen LogP contribution in [0.4, 0.5) is 0 Å². The van der Waals surface area contributed by atoms with Gasteiger partial charge in [0.15, 0.2) is 0 Å². The molecule has 0 spiro atoms. The fourth-order valence-electron chi connectivity index (χ4n) is 1.53. The molecule has 2 nitrogen and oxygen atoms in total. The maximum Gasteiger partial charge on any atom is 0.0609 e. The van der Waals surface area contributed by atoms with Crippen molar-refractivity contribution in [1.82, 2.24) is 5.43 Å². The largest absolute Gasteiger partial charge is 0.306 e. The summed E-state index contributed by atoms with van der Waals surface area (Å²) in [6, 6.07) is 13.3. The zero-order chi connectivity index (χ0) is 13.7. The molecule has 1 N–H and O–H groups in total. The quantitative estimate of drug-likeness (QED) is 0.612. The van der Waals surface area contributed by atoms with Crippen LogP contribution in [-0.2, 0) is 6.54 Å². The Hall–Kier alpha value is -1.03. The molecule has 0 aliphatic heterocycles. The van der Waals surface area contributed by atoms with Gasteiger partial charge in [-0.25, -0.2) is 0 Å². The highest BCUT2D eigenvalue weighted by molar-refractivity contribution is 9.10. The number of hydrogen-bond acceptors (Lipinski definition) is 2. The number of rotatable bonds is 4. The predicted octanol–water partition coefficient (Wildman–Crippen LogP) is 4.88. The Labute approximate surface area is 130 Å². The minimum absolute atomic E-state index is 0.489. The van der Waals surface area contributed by atoms with E-state index in [1.54, 1.807) is 6.21 Å². The van der Waals surface area contributed by atoms with Crippen LogP contribution in [0.2, 0.25) is 10.0 Å². The topological polar surface area (TPSA) is 24.4 Å². The molecule has 0 radical (unpaired) electrons. The lowest BCUT2D eigenvalue weighted by atomic mass is 10.2. The highest BCUT2D eigenvalue weighted by Crippen LogP contribution is 2.23. The van der Waals surface area contributed by atoms with E-state index in [-0.39, 0.29) is 0 Å². The van der Waals surface area contributed by atoms with Crippen LogP contribution in [0.15, 0.2) is 52.0 Å². The monoisotopic (exact) mass is 356 g/mol.